The largest absolute Gasteiger partial charge is 0.462 e. The van der Waals surface area contributed by atoms with Gasteiger partial charge in [-0.05, 0) is 70.6 Å². The smallest absolute Gasteiger partial charge is 0.306 e. The van der Waals surface area contributed by atoms with Crippen LogP contribution in [0.3, 0.4) is 0 Å². The maximum Gasteiger partial charge on any atom is 0.306 e. The maximum absolute atomic E-state index is 13.1. The standard InChI is InChI=1S/C61H110O15/c1-3-5-7-9-11-13-15-17-19-21-22-23-24-25-26-28-29-31-33-35-37-39-41-43-52(63)71-46-49(74-53(64)44-42-40-38-36-34-32-30-27-20-18-16-14-12-10-8-6-4-2)47-72-60-59(70)57(68)55(66)51(76-60)48-73-61-58(69)56(67)54(65)50(45-62)75-61/h18,20,28-29,35,37,49-51,54-62,65-70H,3-17,19,21-27,30-34,36,38-48H2,1-2H3/b20-18+,29-28+,37-35+/t49-,50+,51+,54-,55-,56?,57?,58?,59?,60+,61+/m0/s1. The highest BCUT2D eigenvalue weighted by Gasteiger charge is 2.47. The van der Waals surface area contributed by atoms with E-state index < -0.39 is 99.3 Å². The van der Waals surface area contributed by atoms with Crippen molar-refractivity contribution in [1.82, 2.24) is 0 Å². The highest BCUT2D eigenvalue weighted by atomic mass is 16.7. The van der Waals surface area contributed by atoms with Gasteiger partial charge in [0.25, 0.3) is 0 Å². The van der Waals surface area contributed by atoms with Gasteiger partial charge in [-0.2, -0.15) is 0 Å². The molecular formula is C61H110O15. The Morgan fingerprint density at radius 3 is 1.24 bits per heavy atom. The number of carbonyl (C=O) groups excluding carboxylic acids is 2. The first kappa shape index (κ1) is 69.8. The average molecular weight is 1080 g/mol. The fourth-order valence-electron chi connectivity index (χ4n) is 9.59. The first-order valence-corrected chi connectivity index (χ1v) is 30.6. The first-order valence-electron chi connectivity index (χ1n) is 30.6. The third-order valence-corrected chi connectivity index (χ3v) is 14.6. The molecule has 15 heteroatoms. The van der Waals surface area contributed by atoms with Gasteiger partial charge in [0, 0.05) is 12.8 Å². The van der Waals surface area contributed by atoms with Crippen LogP contribution in [0.4, 0.5) is 0 Å². The predicted molar refractivity (Wildman–Crippen MR) is 298 cm³/mol. The van der Waals surface area contributed by atoms with Gasteiger partial charge in [0.2, 0.25) is 0 Å². The Balaban J connectivity index is 1.74. The molecule has 2 saturated heterocycles. The van der Waals surface area contributed by atoms with Crippen LogP contribution in [-0.2, 0) is 38.0 Å². The lowest BCUT2D eigenvalue weighted by molar-refractivity contribution is -0.332. The van der Waals surface area contributed by atoms with Gasteiger partial charge in [-0.25, -0.2) is 0 Å². The van der Waals surface area contributed by atoms with Crippen molar-refractivity contribution < 1.29 is 73.8 Å². The van der Waals surface area contributed by atoms with Gasteiger partial charge in [0.05, 0.1) is 19.8 Å². The van der Waals surface area contributed by atoms with E-state index in [1.165, 1.54) is 148 Å². The van der Waals surface area contributed by atoms with Crippen molar-refractivity contribution in [2.75, 3.05) is 26.4 Å². The molecule has 11 atom stereocenters. The van der Waals surface area contributed by atoms with E-state index in [2.05, 4.69) is 50.3 Å². The second kappa shape index (κ2) is 47.5. The summed E-state index contributed by atoms with van der Waals surface area (Å²) in [5, 5.41) is 72.3. The normalized spacial score (nSPS) is 24.5. The second-order valence-corrected chi connectivity index (χ2v) is 21.5. The van der Waals surface area contributed by atoms with E-state index in [9.17, 15) is 45.3 Å². The summed E-state index contributed by atoms with van der Waals surface area (Å²) in [7, 11) is 0. The fraction of sp³-hybridized carbons (Fsp3) is 0.869. The number of hydrogen-bond acceptors (Lipinski definition) is 15. The van der Waals surface area contributed by atoms with Crippen molar-refractivity contribution in [3.05, 3.63) is 36.5 Å². The molecule has 2 rings (SSSR count). The van der Waals surface area contributed by atoms with E-state index in [0.717, 1.165) is 51.4 Å². The van der Waals surface area contributed by atoms with E-state index in [1.54, 1.807) is 0 Å². The Bertz CT molecular complexity index is 1460. The zero-order valence-electron chi connectivity index (χ0n) is 47.5. The van der Waals surface area contributed by atoms with Gasteiger partial charge >= 0.3 is 11.9 Å². The van der Waals surface area contributed by atoms with Crippen LogP contribution in [-0.4, -0.2) is 142 Å². The van der Waals surface area contributed by atoms with Crippen LogP contribution in [0.1, 0.15) is 245 Å². The highest BCUT2D eigenvalue weighted by Crippen LogP contribution is 2.27. The number of carbonyl (C=O) groups is 2. The molecule has 0 aliphatic carbocycles. The molecule has 2 aliphatic heterocycles. The quantitative estimate of drug-likeness (QED) is 0.0171. The number of aliphatic hydroxyl groups excluding tert-OH is 7. The van der Waals surface area contributed by atoms with Gasteiger partial charge in [0.15, 0.2) is 18.7 Å². The van der Waals surface area contributed by atoms with Gasteiger partial charge in [-0.15, -0.1) is 0 Å². The van der Waals surface area contributed by atoms with Gasteiger partial charge in [-0.3, -0.25) is 9.59 Å². The summed E-state index contributed by atoms with van der Waals surface area (Å²) in [6, 6.07) is 0. The molecule has 0 saturated carbocycles. The number of aliphatic hydroxyl groups is 7. The van der Waals surface area contributed by atoms with Gasteiger partial charge in [0.1, 0.15) is 55.4 Å². The molecule has 0 aromatic carbocycles. The van der Waals surface area contributed by atoms with E-state index in [-0.39, 0.29) is 19.4 Å². The minimum absolute atomic E-state index is 0.153. The van der Waals surface area contributed by atoms with Gasteiger partial charge < -0.3 is 64.2 Å². The zero-order chi connectivity index (χ0) is 55.3. The Morgan fingerprint density at radius 2 is 0.776 bits per heavy atom. The van der Waals surface area contributed by atoms with E-state index >= 15 is 0 Å². The Hall–Kier alpha value is -2.28. The second-order valence-electron chi connectivity index (χ2n) is 21.5. The first-order chi connectivity index (χ1) is 37.0. The molecule has 7 N–H and O–H groups in total. The molecule has 444 valence electrons. The molecule has 0 amide bonds. The van der Waals surface area contributed by atoms with Crippen molar-refractivity contribution >= 4 is 11.9 Å². The van der Waals surface area contributed by atoms with Crippen LogP contribution < -0.4 is 0 Å². The molecule has 0 aromatic heterocycles. The van der Waals surface area contributed by atoms with Crippen LogP contribution in [0.5, 0.6) is 0 Å². The minimum atomic E-state index is -1.77. The lowest BCUT2D eigenvalue weighted by atomic mass is 9.98. The lowest BCUT2D eigenvalue weighted by Crippen LogP contribution is -2.61. The molecule has 2 fully saturated rings. The number of esters is 2. The topological polar surface area (TPSA) is 231 Å². The number of ether oxygens (including phenoxy) is 6. The van der Waals surface area contributed by atoms with Crippen molar-refractivity contribution in [1.29, 1.82) is 0 Å². The molecule has 0 radical (unpaired) electrons. The fourth-order valence-corrected chi connectivity index (χ4v) is 9.59. The summed E-state index contributed by atoms with van der Waals surface area (Å²) < 4.78 is 33.7. The predicted octanol–water partition coefficient (Wildman–Crippen LogP) is 10.8. The Kier molecular flexibility index (Phi) is 43.7. The molecule has 2 aliphatic rings. The number of unbranched alkanes of at least 4 members (excludes halogenated alkanes) is 29. The third-order valence-electron chi connectivity index (χ3n) is 14.6. The molecule has 0 aromatic rings. The van der Waals surface area contributed by atoms with Crippen molar-refractivity contribution in [2.24, 2.45) is 0 Å². The maximum atomic E-state index is 13.1. The minimum Gasteiger partial charge on any atom is -0.462 e. The van der Waals surface area contributed by atoms with E-state index in [0.29, 0.717) is 19.3 Å². The molecule has 2 heterocycles. The SMILES string of the molecule is CCCCCCCC/C=C/CCCCCCCCCC(=O)O[C@@H](COC(=O)CCC/C=C/CC/C=C/CCCCCCCCCCCCCCCC)CO[C@@H]1O[C@H](CO[C@@H]2O[C@H](CO)[C@H](O)C(O)C2O)[C@H](O)C(O)C1O. The molecule has 0 spiro atoms. The summed E-state index contributed by atoms with van der Waals surface area (Å²) in [5.41, 5.74) is 0. The Labute approximate surface area is 459 Å². The lowest BCUT2D eigenvalue weighted by Gasteiger charge is -2.42. The van der Waals surface area contributed by atoms with E-state index in [1.807, 2.05) is 0 Å². The summed E-state index contributed by atoms with van der Waals surface area (Å²) in [6.07, 6.45) is 37.5. The Morgan fingerprint density at radius 1 is 0.408 bits per heavy atom. The molecule has 4 unspecified atom stereocenters. The van der Waals surface area contributed by atoms with Crippen LogP contribution >= 0.6 is 0 Å². The highest BCUT2D eigenvalue weighted by molar-refractivity contribution is 5.70. The van der Waals surface area contributed by atoms with Crippen molar-refractivity contribution in [3.8, 4) is 0 Å². The van der Waals surface area contributed by atoms with Crippen LogP contribution in [0.25, 0.3) is 0 Å². The summed E-state index contributed by atoms with van der Waals surface area (Å²) in [5.74, 6) is -0.971. The molecule has 15 nitrogen and oxygen atoms in total. The summed E-state index contributed by atoms with van der Waals surface area (Å²) in [4.78, 5) is 25.9. The third kappa shape index (κ3) is 34.0. The van der Waals surface area contributed by atoms with Crippen LogP contribution in [0, 0.1) is 0 Å². The number of rotatable bonds is 49. The average Bonchev–Trinajstić information content (AvgIpc) is 3.41. The van der Waals surface area contributed by atoms with Crippen molar-refractivity contribution in [3.63, 3.8) is 0 Å². The number of allylic oxidation sites excluding steroid dienone is 6. The van der Waals surface area contributed by atoms with E-state index in [4.69, 9.17) is 28.4 Å². The van der Waals surface area contributed by atoms with Crippen LogP contribution in [0.2, 0.25) is 0 Å². The molecule has 76 heavy (non-hydrogen) atoms. The van der Waals surface area contributed by atoms with Crippen molar-refractivity contribution in [2.45, 2.75) is 313 Å². The molecular weight excluding hydrogens is 973 g/mol. The molecule has 0 bridgehead atoms. The monoisotopic (exact) mass is 1080 g/mol. The zero-order valence-corrected chi connectivity index (χ0v) is 47.5. The summed E-state index contributed by atoms with van der Waals surface area (Å²) >= 11 is 0. The number of hydrogen-bond donors (Lipinski definition) is 7. The van der Waals surface area contributed by atoms with Crippen LogP contribution in [0.15, 0.2) is 36.5 Å². The van der Waals surface area contributed by atoms with Gasteiger partial charge in [-0.1, -0.05) is 198 Å². The summed E-state index contributed by atoms with van der Waals surface area (Å²) in [6.45, 7) is 2.59.